The summed E-state index contributed by atoms with van der Waals surface area (Å²) in [6.07, 6.45) is 5.15. The number of hydrogen-bond donors (Lipinski definition) is 2. The fourth-order valence-electron chi connectivity index (χ4n) is 2.28. The van der Waals surface area contributed by atoms with Gasteiger partial charge >= 0.3 is 0 Å². The first-order valence-electron chi connectivity index (χ1n) is 5.61. The van der Waals surface area contributed by atoms with E-state index in [2.05, 4.69) is 10.0 Å². The third-order valence-electron chi connectivity index (χ3n) is 3.10. The minimum atomic E-state index is -0.676. The molecule has 0 aromatic rings. The number of azide groups is 1. The molecule has 1 aliphatic carbocycles. The number of aliphatic hydroxyl groups excluding tert-OH is 2. The summed E-state index contributed by atoms with van der Waals surface area (Å²) in [5.74, 6) is 0.227. The fraction of sp³-hybridized carbons (Fsp3) is 1.00. The van der Waals surface area contributed by atoms with Gasteiger partial charge in [-0.05, 0) is 30.7 Å². The van der Waals surface area contributed by atoms with Crippen LogP contribution in [0.3, 0.4) is 0 Å². The van der Waals surface area contributed by atoms with Gasteiger partial charge in [-0.1, -0.05) is 24.4 Å². The van der Waals surface area contributed by atoms with Crippen LogP contribution in [-0.4, -0.2) is 29.0 Å². The van der Waals surface area contributed by atoms with Crippen LogP contribution >= 0.6 is 0 Å². The van der Waals surface area contributed by atoms with Crippen molar-refractivity contribution in [2.24, 2.45) is 11.0 Å². The van der Waals surface area contributed by atoms with Crippen molar-refractivity contribution in [2.45, 2.75) is 50.7 Å². The minimum Gasteiger partial charge on any atom is -0.394 e. The molecule has 2 N–H and O–H groups in total. The molecular weight excluding hydrogens is 194 g/mol. The third kappa shape index (κ3) is 4.08. The van der Waals surface area contributed by atoms with Crippen LogP contribution in [0.4, 0.5) is 0 Å². The predicted octanol–water partition coefficient (Wildman–Crippen LogP) is 1.99. The molecule has 0 radical (unpaired) electrons. The maximum absolute atomic E-state index is 9.40. The monoisotopic (exact) mass is 213 g/mol. The summed E-state index contributed by atoms with van der Waals surface area (Å²) >= 11 is 0. The summed E-state index contributed by atoms with van der Waals surface area (Å²) in [5.41, 5.74) is 8.47. The Morgan fingerprint density at radius 2 is 2.07 bits per heavy atom. The van der Waals surface area contributed by atoms with Gasteiger partial charge in [0.1, 0.15) is 0 Å². The highest BCUT2D eigenvalue weighted by molar-refractivity contribution is 4.81. The first-order valence-corrected chi connectivity index (χ1v) is 5.61. The summed E-state index contributed by atoms with van der Waals surface area (Å²) < 4.78 is 0. The molecule has 0 unspecified atom stereocenters. The highest BCUT2D eigenvalue weighted by Gasteiger charge is 2.24. The smallest absolute Gasteiger partial charge is 0.0773 e. The second-order valence-electron chi connectivity index (χ2n) is 4.24. The van der Waals surface area contributed by atoms with Crippen molar-refractivity contribution in [1.29, 1.82) is 0 Å². The summed E-state index contributed by atoms with van der Waals surface area (Å²) in [7, 11) is 0. The van der Waals surface area contributed by atoms with E-state index >= 15 is 0 Å². The number of hydrogen-bond acceptors (Lipinski definition) is 3. The summed E-state index contributed by atoms with van der Waals surface area (Å²) in [4.78, 5) is 2.87. The third-order valence-corrected chi connectivity index (χ3v) is 3.10. The van der Waals surface area contributed by atoms with Gasteiger partial charge in [-0.25, -0.2) is 0 Å². The SMILES string of the molecule is [N-]=[N+]=N[C@@H]1CCCCC[C@H]1C[C@@H](O)CO. The average Bonchev–Trinajstić information content (AvgIpc) is 2.45. The van der Waals surface area contributed by atoms with E-state index in [-0.39, 0.29) is 18.6 Å². The Morgan fingerprint density at radius 3 is 2.73 bits per heavy atom. The maximum Gasteiger partial charge on any atom is 0.0773 e. The van der Waals surface area contributed by atoms with Crippen molar-refractivity contribution in [3.8, 4) is 0 Å². The lowest BCUT2D eigenvalue weighted by atomic mass is 9.90. The van der Waals surface area contributed by atoms with Gasteiger partial charge in [0, 0.05) is 11.0 Å². The normalized spacial score (nSPS) is 28.9. The highest BCUT2D eigenvalue weighted by atomic mass is 16.3. The van der Waals surface area contributed by atoms with Crippen molar-refractivity contribution in [1.82, 2.24) is 0 Å². The molecule has 3 atom stereocenters. The minimum absolute atomic E-state index is 0.00120. The Kier molecular flexibility index (Phi) is 5.47. The molecular formula is C10H19N3O2. The predicted molar refractivity (Wildman–Crippen MR) is 57.2 cm³/mol. The quantitative estimate of drug-likeness (QED) is 0.323. The van der Waals surface area contributed by atoms with Gasteiger partial charge in [-0.15, -0.1) is 0 Å². The molecule has 5 nitrogen and oxygen atoms in total. The van der Waals surface area contributed by atoms with Crippen LogP contribution in [0.1, 0.15) is 38.5 Å². The van der Waals surface area contributed by atoms with Crippen LogP contribution in [0.5, 0.6) is 0 Å². The molecule has 0 spiro atoms. The molecule has 15 heavy (non-hydrogen) atoms. The molecule has 0 aliphatic heterocycles. The first kappa shape index (κ1) is 12.3. The highest BCUT2D eigenvalue weighted by Crippen LogP contribution is 2.29. The Morgan fingerprint density at radius 1 is 1.33 bits per heavy atom. The van der Waals surface area contributed by atoms with Crippen LogP contribution in [0, 0.1) is 5.92 Å². The molecule has 86 valence electrons. The van der Waals surface area contributed by atoms with Crippen molar-refractivity contribution in [3.63, 3.8) is 0 Å². The lowest BCUT2D eigenvalue weighted by molar-refractivity contribution is 0.0690. The summed E-state index contributed by atoms with van der Waals surface area (Å²) in [6, 6.07) is -0.00120. The zero-order chi connectivity index (χ0) is 11.1. The molecule has 1 saturated carbocycles. The Bertz CT molecular complexity index is 229. The zero-order valence-electron chi connectivity index (χ0n) is 8.92. The molecule has 1 aliphatic rings. The largest absolute Gasteiger partial charge is 0.394 e. The van der Waals surface area contributed by atoms with E-state index in [1.165, 1.54) is 6.42 Å². The van der Waals surface area contributed by atoms with E-state index in [0.29, 0.717) is 6.42 Å². The van der Waals surface area contributed by atoms with E-state index in [1.807, 2.05) is 0 Å². The molecule has 0 saturated heterocycles. The van der Waals surface area contributed by atoms with Crippen molar-refractivity contribution in [3.05, 3.63) is 10.4 Å². The van der Waals surface area contributed by atoms with E-state index in [0.717, 1.165) is 25.7 Å². The molecule has 0 aromatic heterocycles. The molecule has 0 aromatic carbocycles. The van der Waals surface area contributed by atoms with Crippen molar-refractivity contribution < 1.29 is 10.2 Å². The zero-order valence-corrected chi connectivity index (χ0v) is 8.92. The van der Waals surface area contributed by atoms with Gasteiger partial charge < -0.3 is 10.2 Å². The van der Waals surface area contributed by atoms with Crippen molar-refractivity contribution in [2.75, 3.05) is 6.61 Å². The first-order chi connectivity index (χ1) is 7.27. The second-order valence-corrected chi connectivity index (χ2v) is 4.24. The fourth-order valence-corrected chi connectivity index (χ4v) is 2.28. The van der Waals surface area contributed by atoms with Crippen LogP contribution in [0.15, 0.2) is 5.11 Å². The van der Waals surface area contributed by atoms with E-state index in [9.17, 15) is 5.11 Å². The van der Waals surface area contributed by atoms with Crippen LogP contribution < -0.4 is 0 Å². The van der Waals surface area contributed by atoms with Gasteiger partial charge in [0.15, 0.2) is 0 Å². The second kappa shape index (κ2) is 6.67. The molecule has 0 bridgehead atoms. The number of nitrogens with zero attached hydrogens (tertiary/aromatic N) is 3. The van der Waals surface area contributed by atoms with Gasteiger partial charge in [0.25, 0.3) is 0 Å². The lowest BCUT2D eigenvalue weighted by Gasteiger charge is -2.22. The molecule has 0 heterocycles. The van der Waals surface area contributed by atoms with E-state index in [1.54, 1.807) is 0 Å². The standard InChI is InChI=1S/C10H19N3O2/c11-13-12-10-5-3-1-2-4-8(10)6-9(15)7-14/h8-10,14-15H,1-7H2/t8-,9+,10+/m0/s1. The molecule has 1 fully saturated rings. The number of aliphatic hydroxyl groups is 2. The van der Waals surface area contributed by atoms with Crippen molar-refractivity contribution >= 4 is 0 Å². The van der Waals surface area contributed by atoms with E-state index < -0.39 is 6.10 Å². The van der Waals surface area contributed by atoms with Crippen LogP contribution in [0.25, 0.3) is 10.4 Å². The van der Waals surface area contributed by atoms with Gasteiger partial charge in [0.05, 0.1) is 12.7 Å². The summed E-state index contributed by atoms with van der Waals surface area (Å²) in [6.45, 7) is -0.209. The Hall–Kier alpha value is -0.770. The number of rotatable bonds is 4. The van der Waals surface area contributed by atoms with Crippen LogP contribution in [-0.2, 0) is 0 Å². The molecule has 1 rings (SSSR count). The molecule has 0 amide bonds. The summed E-state index contributed by atoms with van der Waals surface area (Å²) in [5, 5.41) is 22.0. The topological polar surface area (TPSA) is 89.2 Å². The van der Waals surface area contributed by atoms with Gasteiger partial charge in [0.2, 0.25) is 0 Å². The Balaban J connectivity index is 2.57. The Labute approximate surface area is 89.7 Å². The maximum atomic E-state index is 9.40. The molecule has 5 heteroatoms. The lowest BCUT2D eigenvalue weighted by Crippen LogP contribution is -2.24. The van der Waals surface area contributed by atoms with Gasteiger partial charge in [-0.3, -0.25) is 0 Å². The van der Waals surface area contributed by atoms with Crippen LogP contribution in [0.2, 0.25) is 0 Å². The average molecular weight is 213 g/mol. The van der Waals surface area contributed by atoms with Gasteiger partial charge in [-0.2, -0.15) is 0 Å². The van der Waals surface area contributed by atoms with E-state index in [4.69, 9.17) is 10.6 Å².